The molecule has 4 aromatic rings. The summed E-state index contributed by atoms with van der Waals surface area (Å²) in [7, 11) is 0. The molecule has 4 rings (SSSR count). The first-order chi connectivity index (χ1) is 11.7. The first-order valence-corrected chi connectivity index (χ1v) is 7.92. The summed E-state index contributed by atoms with van der Waals surface area (Å²) < 4.78 is 6.15. The maximum absolute atomic E-state index is 11.5. The van der Waals surface area contributed by atoms with Crippen LogP contribution in [0.15, 0.2) is 83.3 Å². The summed E-state index contributed by atoms with van der Waals surface area (Å²) in [4.78, 5) is 11.5. The van der Waals surface area contributed by atoms with Crippen LogP contribution in [0.25, 0.3) is 33.4 Å². The molecule has 116 valence electrons. The summed E-state index contributed by atoms with van der Waals surface area (Å²) >= 11 is 0. The standard InChI is InChI=1S/C22H16O2/c1-15(23)16-11-13-17(14-12-16)21-19-9-5-6-10-20(19)24-22(21)18-7-3-2-4-8-18/h2-14H,1H3. The van der Waals surface area contributed by atoms with E-state index in [0.29, 0.717) is 5.56 Å². The van der Waals surface area contributed by atoms with Crippen molar-refractivity contribution in [3.63, 3.8) is 0 Å². The number of fused-ring (bicyclic) bond motifs is 1. The van der Waals surface area contributed by atoms with Crippen LogP contribution >= 0.6 is 0 Å². The van der Waals surface area contributed by atoms with Crippen molar-refractivity contribution in [3.8, 4) is 22.5 Å². The van der Waals surface area contributed by atoms with E-state index in [1.54, 1.807) is 6.92 Å². The minimum Gasteiger partial charge on any atom is -0.455 e. The number of ketones is 1. The lowest BCUT2D eigenvalue weighted by Gasteiger charge is -2.05. The third-order valence-electron chi connectivity index (χ3n) is 4.21. The largest absolute Gasteiger partial charge is 0.455 e. The van der Waals surface area contributed by atoms with E-state index in [-0.39, 0.29) is 5.78 Å². The van der Waals surface area contributed by atoms with E-state index >= 15 is 0 Å². The highest BCUT2D eigenvalue weighted by Gasteiger charge is 2.17. The van der Waals surface area contributed by atoms with Gasteiger partial charge in [-0.3, -0.25) is 4.79 Å². The highest BCUT2D eigenvalue weighted by atomic mass is 16.3. The molecule has 0 aliphatic rings. The topological polar surface area (TPSA) is 30.2 Å². The first kappa shape index (κ1) is 14.5. The molecule has 2 heteroatoms. The predicted octanol–water partition coefficient (Wildman–Crippen LogP) is 5.97. The van der Waals surface area contributed by atoms with Gasteiger partial charge in [0.1, 0.15) is 11.3 Å². The van der Waals surface area contributed by atoms with Crippen LogP contribution in [0.5, 0.6) is 0 Å². The number of hydrogen-bond acceptors (Lipinski definition) is 2. The number of benzene rings is 3. The van der Waals surface area contributed by atoms with E-state index in [0.717, 1.165) is 33.4 Å². The first-order valence-electron chi connectivity index (χ1n) is 7.92. The molecule has 0 unspecified atom stereocenters. The lowest BCUT2D eigenvalue weighted by atomic mass is 9.97. The van der Waals surface area contributed by atoms with Crippen molar-refractivity contribution in [1.29, 1.82) is 0 Å². The zero-order valence-corrected chi connectivity index (χ0v) is 13.3. The van der Waals surface area contributed by atoms with Gasteiger partial charge in [0.05, 0.1) is 0 Å². The second-order valence-electron chi connectivity index (χ2n) is 5.80. The van der Waals surface area contributed by atoms with Crippen LogP contribution < -0.4 is 0 Å². The van der Waals surface area contributed by atoms with Crippen LogP contribution in [0.3, 0.4) is 0 Å². The fourth-order valence-corrected chi connectivity index (χ4v) is 3.00. The van der Waals surface area contributed by atoms with Crippen molar-refractivity contribution in [3.05, 3.63) is 84.4 Å². The highest BCUT2D eigenvalue weighted by molar-refractivity contribution is 6.02. The minimum absolute atomic E-state index is 0.0712. The summed E-state index contributed by atoms with van der Waals surface area (Å²) in [5, 5.41) is 1.08. The Hall–Kier alpha value is -3.13. The second kappa shape index (κ2) is 5.82. The summed E-state index contributed by atoms with van der Waals surface area (Å²) in [5.74, 6) is 0.925. The fraction of sp³-hybridized carbons (Fsp3) is 0.0455. The third kappa shape index (κ3) is 2.42. The maximum Gasteiger partial charge on any atom is 0.159 e. The van der Waals surface area contributed by atoms with Gasteiger partial charge < -0.3 is 4.42 Å². The Balaban J connectivity index is 1.97. The van der Waals surface area contributed by atoms with Crippen molar-refractivity contribution in [1.82, 2.24) is 0 Å². The Morgan fingerprint density at radius 3 is 2.12 bits per heavy atom. The number of furan rings is 1. The SMILES string of the molecule is CC(=O)c1ccc(-c2c(-c3ccccc3)oc3ccccc23)cc1. The van der Waals surface area contributed by atoms with Crippen molar-refractivity contribution in [2.45, 2.75) is 6.92 Å². The average Bonchev–Trinajstić information content (AvgIpc) is 3.02. The molecule has 0 radical (unpaired) electrons. The quantitative estimate of drug-likeness (QED) is 0.436. The average molecular weight is 312 g/mol. The molecular weight excluding hydrogens is 296 g/mol. The Morgan fingerprint density at radius 1 is 0.750 bits per heavy atom. The second-order valence-corrected chi connectivity index (χ2v) is 5.80. The summed E-state index contributed by atoms with van der Waals surface area (Å²) in [6, 6.07) is 25.8. The van der Waals surface area contributed by atoms with Gasteiger partial charge in [-0.25, -0.2) is 0 Å². The van der Waals surface area contributed by atoms with Gasteiger partial charge in [0.2, 0.25) is 0 Å². The molecule has 2 nitrogen and oxygen atoms in total. The molecule has 0 spiro atoms. The molecule has 0 saturated heterocycles. The van der Waals surface area contributed by atoms with Crippen molar-refractivity contribution in [2.75, 3.05) is 0 Å². The number of rotatable bonds is 3. The maximum atomic E-state index is 11.5. The Labute approximate surface area is 140 Å². The van der Waals surface area contributed by atoms with E-state index < -0.39 is 0 Å². The van der Waals surface area contributed by atoms with Crippen LogP contribution in [0, 0.1) is 0 Å². The molecular formula is C22H16O2. The fourth-order valence-electron chi connectivity index (χ4n) is 3.00. The molecule has 1 aromatic heterocycles. The number of para-hydroxylation sites is 1. The van der Waals surface area contributed by atoms with E-state index in [4.69, 9.17) is 4.42 Å². The molecule has 0 bridgehead atoms. The highest BCUT2D eigenvalue weighted by Crippen LogP contribution is 2.40. The molecule has 0 amide bonds. The van der Waals surface area contributed by atoms with Crippen LogP contribution in [0.1, 0.15) is 17.3 Å². The monoisotopic (exact) mass is 312 g/mol. The van der Waals surface area contributed by atoms with Gasteiger partial charge in [-0.1, -0.05) is 72.8 Å². The van der Waals surface area contributed by atoms with E-state index in [2.05, 4.69) is 6.07 Å². The van der Waals surface area contributed by atoms with Gasteiger partial charge in [-0.2, -0.15) is 0 Å². The summed E-state index contributed by atoms with van der Waals surface area (Å²) in [5.41, 5.74) is 4.73. The normalized spacial score (nSPS) is 10.9. The van der Waals surface area contributed by atoms with Gasteiger partial charge >= 0.3 is 0 Å². The molecule has 3 aromatic carbocycles. The van der Waals surface area contributed by atoms with Crippen LogP contribution in [0.2, 0.25) is 0 Å². The molecule has 0 fully saturated rings. The molecule has 1 heterocycles. The van der Waals surface area contributed by atoms with Gasteiger partial charge in [-0.15, -0.1) is 0 Å². The molecule has 0 atom stereocenters. The van der Waals surface area contributed by atoms with Crippen LogP contribution in [0.4, 0.5) is 0 Å². The molecule has 0 aliphatic carbocycles. The van der Waals surface area contributed by atoms with Gasteiger partial charge in [0.25, 0.3) is 0 Å². The summed E-state index contributed by atoms with van der Waals surface area (Å²) in [6.45, 7) is 1.58. The lowest BCUT2D eigenvalue weighted by molar-refractivity contribution is 0.101. The van der Waals surface area contributed by atoms with Gasteiger partial charge in [0, 0.05) is 22.1 Å². The van der Waals surface area contributed by atoms with Gasteiger partial charge in [-0.05, 0) is 18.6 Å². The third-order valence-corrected chi connectivity index (χ3v) is 4.21. The van der Waals surface area contributed by atoms with Crippen molar-refractivity contribution >= 4 is 16.8 Å². The molecule has 0 N–H and O–H groups in total. The Kier molecular flexibility index (Phi) is 3.51. The zero-order valence-electron chi connectivity index (χ0n) is 13.3. The zero-order chi connectivity index (χ0) is 16.5. The van der Waals surface area contributed by atoms with Crippen molar-refractivity contribution in [2.24, 2.45) is 0 Å². The number of hydrogen-bond donors (Lipinski definition) is 0. The molecule has 24 heavy (non-hydrogen) atoms. The number of carbonyl (C=O) groups is 1. The molecule has 0 saturated carbocycles. The Bertz CT molecular complexity index is 1010. The van der Waals surface area contributed by atoms with Crippen LogP contribution in [-0.2, 0) is 0 Å². The van der Waals surface area contributed by atoms with E-state index in [1.807, 2.05) is 72.8 Å². The number of Topliss-reactive ketones (excluding diaryl/α,β-unsaturated/α-hetero) is 1. The Morgan fingerprint density at radius 2 is 1.42 bits per heavy atom. The van der Waals surface area contributed by atoms with Gasteiger partial charge in [0.15, 0.2) is 5.78 Å². The minimum atomic E-state index is 0.0712. The van der Waals surface area contributed by atoms with Crippen LogP contribution in [-0.4, -0.2) is 5.78 Å². The lowest BCUT2D eigenvalue weighted by Crippen LogP contribution is -1.91. The smallest absolute Gasteiger partial charge is 0.159 e. The van der Waals surface area contributed by atoms with Crippen molar-refractivity contribution < 1.29 is 9.21 Å². The summed E-state index contributed by atoms with van der Waals surface area (Å²) in [6.07, 6.45) is 0. The van der Waals surface area contributed by atoms with E-state index in [1.165, 1.54) is 0 Å². The van der Waals surface area contributed by atoms with E-state index in [9.17, 15) is 4.79 Å². The number of carbonyl (C=O) groups excluding carboxylic acids is 1. The molecule has 0 aliphatic heterocycles. The predicted molar refractivity (Wildman–Crippen MR) is 97.1 cm³/mol.